The van der Waals surface area contributed by atoms with Crippen LogP contribution in [0.3, 0.4) is 0 Å². The highest BCUT2D eigenvalue weighted by Gasteiger charge is 2.40. The molecule has 0 aromatic heterocycles. The number of aliphatic hydroxyl groups is 1. The molecule has 0 aliphatic carbocycles. The van der Waals surface area contributed by atoms with Crippen molar-refractivity contribution in [3.05, 3.63) is 60.1 Å². The third-order valence-corrected chi connectivity index (χ3v) is 5.39. The Balaban J connectivity index is 1.97. The number of likely N-dealkylation sites (tertiary alicyclic amines) is 1. The van der Waals surface area contributed by atoms with Crippen LogP contribution < -0.4 is 33.6 Å². The first-order chi connectivity index (χ1) is 15.5. The minimum absolute atomic E-state index is 0.0225. The van der Waals surface area contributed by atoms with E-state index in [1.54, 1.807) is 4.90 Å². The van der Waals surface area contributed by atoms with E-state index in [1.165, 1.54) is 18.4 Å². The maximum atomic E-state index is 12.6. The van der Waals surface area contributed by atoms with Crippen molar-refractivity contribution in [1.82, 2.24) is 15.5 Å². The van der Waals surface area contributed by atoms with Crippen LogP contribution in [0, 0.1) is 0 Å². The molecule has 1 fully saturated rings. The first kappa shape index (κ1) is 25.3. The molecule has 0 aromatic rings. The number of nitrogens with zero attached hydrogens (tertiary/aromatic N) is 3. The van der Waals surface area contributed by atoms with Gasteiger partial charge in [-0.25, -0.2) is 4.99 Å². The fourth-order valence-corrected chi connectivity index (χ4v) is 3.27. The predicted molar refractivity (Wildman–Crippen MR) is 127 cm³/mol. The Hall–Kier alpha value is -3.93. The summed E-state index contributed by atoms with van der Waals surface area (Å²) in [4.78, 5) is 34.8. The molecule has 178 valence electrons. The topological polar surface area (TPSA) is 210 Å². The van der Waals surface area contributed by atoms with E-state index in [1.807, 2.05) is 0 Å². The van der Waals surface area contributed by atoms with Crippen LogP contribution >= 0.6 is 11.6 Å². The molecule has 0 unspecified atom stereocenters. The second kappa shape index (κ2) is 10.6. The van der Waals surface area contributed by atoms with Gasteiger partial charge in [0.25, 0.3) is 11.8 Å². The molecule has 2 aliphatic heterocycles. The molecule has 0 atom stereocenters. The van der Waals surface area contributed by atoms with E-state index in [-0.39, 0.29) is 45.6 Å². The summed E-state index contributed by atoms with van der Waals surface area (Å²) >= 11 is 5.83. The average molecular weight is 478 g/mol. The lowest BCUT2D eigenvalue weighted by Gasteiger charge is -2.39. The van der Waals surface area contributed by atoms with E-state index in [9.17, 15) is 14.7 Å². The molecule has 33 heavy (non-hydrogen) atoms. The maximum absolute atomic E-state index is 12.6. The quantitative estimate of drug-likeness (QED) is 0.110. The Kier molecular flexibility index (Phi) is 8.13. The summed E-state index contributed by atoms with van der Waals surface area (Å²) in [6.07, 6.45) is 5.04. The third-order valence-electron chi connectivity index (χ3n) is 5.06. The monoisotopic (exact) mass is 477 g/mol. The van der Waals surface area contributed by atoms with Crippen molar-refractivity contribution in [2.45, 2.75) is 18.4 Å². The van der Waals surface area contributed by atoms with Gasteiger partial charge in [0.15, 0.2) is 16.8 Å². The van der Waals surface area contributed by atoms with Gasteiger partial charge in [-0.3, -0.25) is 19.9 Å². The number of carbonyl (C=O) groups is 2. The molecular weight excluding hydrogens is 450 g/mol. The van der Waals surface area contributed by atoms with Gasteiger partial charge in [-0.2, -0.15) is 0 Å². The number of rotatable bonds is 6. The standard InChI is InChI=1S/C20H28ClN9O3/c1-11(13(31)4-3-7-22)18(33)30-8-5-20(6-9-30)10-26-19(29-20)28-17(32)14(16(24)25)27-15(21)12(2)23/h3-4,7,31H,1-2,5-6,8-10,22-25H2,(H2,26,28,29,32)/b7-3-,13-4+,27-15?. The second-order valence-electron chi connectivity index (χ2n) is 7.46. The highest BCUT2D eigenvalue weighted by atomic mass is 35.5. The lowest BCUT2D eigenvalue weighted by Crippen LogP contribution is -2.57. The fraction of sp³-hybridized carbons (Fsp3) is 0.300. The van der Waals surface area contributed by atoms with Crippen LogP contribution in [0.4, 0.5) is 0 Å². The summed E-state index contributed by atoms with van der Waals surface area (Å²) in [6, 6.07) is 0. The molecule has 12 nitrogen and oxygen atoms in total. The number of hydrogen-bond acceptors (Lipinski definition) is 10. The van der Waals surface area contributed by atoms with Gasteiger partial charge in [0.1, 0.15) is 11.6 Å². The van der Waals surface area contributed by atoms with Gasteiger partial charge < -0.3 is 38.3 Å². The van der Waals surface area contributed by atoms with Crippen molar-refractivity contribution in [2.75, 3.05) is 19.6 Å². The summed E-state index contributed by atoms with van der Waals surface area (Å²) in [7, 11) is 0. The van der Waals surface area contributed by atoms with Crippen LogP contribution in [-0.2, 0) is 9.59 Å². The smallest absolute Gasteiger partial charge is 0.280 e. The molecule has 1 spiro atoms. The number of aliphatic hydroxyl groups excluding tert-OH is 1. The minimum atomic E-state index is -0.726. The molecule has 0 aromatic carbocycles. The first-order valence-electron chi connectivity index (χ1n) is 9.84. The number of piperidine rings is 1. The molecule has 2 aliphatic rings. The predicted octanol–water partition coefficient (Wildman–Crippen LogP) is -0.910. The molecule has 13 heteroatoms. The van der Waals surface area contributed by atoms with E-state index >= 15 is 0 Å². The highest BCUT2D eigenvalue weighted by Crippen LogP contribution is 2.27. The minimum Gasteiger partial charge on any atom is -0.507 e. The Labute approximate surface area is 196 Å². The second-order valence-corrected chi connectivity index (χ2v) is 7.82. The van der Waals surface area contributed by atoms with E-state index in [4.69, 9.17) is 34.5 Å². The molecular formula is C20H28ClN9O3. The van der Waals surface area contributed by atoms with Crippen molar-refractivity contribution in [2.24, 2.45) is 32.9 Å². The van der Waals surface area contributed by atoms with Gasteiger partial charge in [-0.1, -0.05) is 24.8 Å². The molecule has 2 amide bonds. The highest BCUT2D eigenvalue weighted by molar-refractivity contribution is 6.69. The zero-order valence-corrected chi connectivity index (χ0v) is 18.7. The number of allylic oxidation sites excluding steroid dienone is 3. The number of carbonyl (C=O) groups excluding carboxylic acids is 2. The summed E-state index contributed by atoms with van der Waals surface area (Å²) < 4.78 is 0. The van der Waals surface area contributed by atoms with Crippen molar-refractivity contribution in [1.29, 1.82) is 0 Å². The number of aliphatic imine (C=N–C) groups is 2. The largest absolute Gasteiger partial charge is 0.507 e. The van der Waals surface area contributed by atoms with Crippen LogP contribution in [0.2, 0.25) is 0 Å². The van der Waals surface area contributed by atoms with Crippen molar-refractivity contribution >= 4 is 34.5 Å². The van der Waals surface area contributed by atoms with Crippen molar-refractivity contribution < 1.29 is 14.7 Å². The van der Waals surface area contributed by atoms with Crippen LogP contribution in [-0.4, -0.2) is 58.1 Å². The molecule has 0 saturated carbocycles. The Morgan fingerprint density at radius 2 is 1.91 bits per heavy atom. The SMILES string of the molecule is C=C(N)C(Cl)=NC(C(=O)NC1=NCC2(CCN(C(=O)C(=C)/C(O)=C\C=C/N)CC2)N1)=C(N)N. The summed E-state index contributed by atoms with van der Waals surface area (Å²) in [5.41, 5.74) is 20.9. The van der Waals surface area contributed by atoms with Crippen molar-refractivity contribution in [3.63, 3.8) is 0 Å². The van der Waals surface area contributed by atoms with Gasteiger partial charge in [-0.05, 0) is 31.2 Å². The molecule has 0 bridgehead atoms. The van der Waals surface area contributed by atoms with Crippen LogP contribution in [0.15, 0.2) is 70.0 Å². The maximum Gasteiger partial charge on any atom is 0.280 e. The Bertz CT molecular complexity index is 998. The summed E-state index contributed by atoms with van der Waals surface area (Å²) in [6.45, 7) is 8.27. The van der Waals surface area contributed by atoms with E-state index in [0.29, 0.717) is 32.5 Å². The van der Waals surface area contributed by atoms with Crippen LogP contribution in [0.5, 0.6) is 0 Å². The summed E-state index contributed by atoms with van der Waals surface area (Å²) in [5.74, 6) is -1.49. The van der Waals surface area contributed by atoms with E-state index in [0.717, 1.165) is 0 Å². The zero-order chi connectivity index (χ0) is 24.8. The van der Waals surface area contributed by atoms with E-state index in [2.05, 4.69) is 33.8 Å². The zero-order valence-electron chi connectivity index (χ0n) is 18.0. The number of nitrogens with two attached hydrogens (primary N) is 4. The Morgan fingerprint density at radius 1 is 1.27 bits per heavy atom. The first-order valence-corrected chi connectivity index (χ1v) is 10.2. The molecule has 2 rings (SSSR count). The van der Waals surface area contributed by atoms with Gasteiger partial charge in [0, 0.05) is 13.1 Å². The van der Waals surface area contributed by atoms with Gasteiger partial charge in [0.05, 0.1) is 23.4 Å². The lowest BCUT2D eigenvalue weighted by atomic mass is 9.88. The van der Waals surface area contributed by atoms with Gasteiger partial charge in [-0.15, -0.1) is 0 Å². The number of halogens is 1. The van der Waals surface area contributed by atoms with Crippen LogP contribution in [0.25, 0.3) is 0 Å². The number of amides is 2. The normalized spacial score (nSPS) is 18.0. The molecule has 2 heterocycles. The lowest BCUT2D eigenvalue weighted by molar-refractivity contribution is -0.128. The fourth-order valence-electron chi connectivity index (χ4n) is 3.18. The number of nitrogens with one attached hydrogen (secondary N) is 2. The Morgan fingerprint density at radius 3 is 2.45 bits per heavy atom. The van der Waals surface area contributed by atoms with E-state index < -0.39 is 11.4 Å². The third kappa shape index (κ3) is 6.29. The number of guanidine groups is 1. The van der Waals surface area contributed by atoms with Crippen LogP contribution in [0.1, 0.15) is 12.8 Å². The molecule has 0 radical (unpaired) electrons. The number of hydrogen-bond donors (Lipinski definition) is 7. The van der Waals surface area contributed by atoms with Gasteiger partial charge in [0.2, 0.25) is 0 Å². The molecule has 1 saturated heterocycles. The summed E-state index contributed by atoms with van der Waals surface area (Å²) in [5, 5.41) is 15.5. The average Bonchev–Trinajstić information content (AvgIpc) is 3.16. The van der Waals surface area contributed by atoms with Gasteiger partial charge >= 0.3 is 0 Å². The van der Waals surface area contributed by atoms with Crippen molar-refractivity contribution in [3.8, 4) is 0 Å². The molecule has 11 N–H and O–H groups in total.